The minimum Gasteiger partial charge on any atom is -0.293 e. The highest BCUT2D eigenvalue weighted by molar-refractivity contribution is 6.06. The van der Waals surface area contributed by atoms with Gasteiger partial charge in [-0.25, -0.2) is 4.79 Å². The first kappa shape index (κ1) is 21.8. The highest BCUT2D eigenvalue weighted by Gasteiger charge is 2.21. The Labute approximate surface area is 207 Å². The third-order valence-electron chi connectivity index (χ3n) is 6.95. The predicted octanol–water partition coefficient (Wildman–Crippen LogP) is 5.89. The van der Waals surface area contributed by atoms with Gasteiger partial charge in [0.1, 0.15) is 0 Å². The first-order valence-electron chi connectivity index (χ1n) is 11.8. The van der Waals surface area contributed by atoms with Crippen LogP contribution in [0, 0.1) is 11.3 Å². The Morgan fingerprint density at radius 1 is 0.944 bits per heavy atom. The average Bonchev–Trinajstić information content (AvgIpc) is 3.18. The molecule has 0 spiro atoms. The molecule has 6 rings (SSSR count). The largest absolute Gasteiger partial charge is 0.333 e. The number of aromatic nitrogens is 4. The van der Waals surface area contributed by atoms with Gasteiger partial charge in [-0.2, -0.15) is 5.26 Å². The summed E-state index contributed by atoms with van der Waals surface area (Å²) in [6.07, 6.45) is 3.56. The molecule has 0 aliphatic heterocycles. The lowest BCUT2D eigenvalue weighted by atomic mass is 9.86. The number of aryl methyl sites for hydroxylation is 1. The average molecular weight is 470 g/mol. The lowest BCUT2D eigenvalue weighted by molar-refractivity contribution is 0.686. The van der Waals surface area contributed by atoms with Crippen LogP contribution in [-0.2, 0) is 12.5 Å². The van der Waals surface area contributed by atoms with Crippen LogP contribution >= 0.6 is 0 Å². The molecule has 0 radical (unpaired) electrons. The summed E-state index contributed by atoms with van der Waals surface area (Å²) in [5.74, 6) is 0. The van der Waals surface area contributed by atoms with Crippen LogP contribution in [-0.4, -0.2) is 19.1 Å². The van der Waals surface area contributed by atoms with Crippen LogP contribution < -0.4 is 5.69 Å². The van der Waals surface area contributed by atoms with Crippen LogP contribution in [0.25, 0.3) is 49.7 Å². The van der Waals surface area contributed by atoms with Crippen molar-refractivity contribution >= 4 is 32.8 Å². The smallest absolute Gasteiger partial charge is 0.293 e. The maximum atomic E-state index is 13.4. The molecule has 0 amide bonds. The van der Waals surface area contributed by atoms with Crippen LogP contribution in [0.2, 0.25) is 0 Å². The second kappa shape index (κ2) is 7.89. The van der Waals surface area contributed by atoms with Crippen LogP contribution in [0.5, 0.6) is 0 Å². The number of nitrogens with zero attached hydrogens (tertiary/aromatic N) is 5. The number of nitriles is 1. The number of benzene rings is 3. The van der Waals surface area contributed by atoms with Gasteiger partial charge in [0.2, 0.25) is 0 Å². The Kier molecular flexibility index (Phi) is 4.77. The predicted molar refractivity (Wildman–Crippen MR) is 143 cm³/mol. The van der Waals surface area contributed by atoms with Gasteiger partial charge in [0.15, 0.2) is 0 Å². The van der Waals surface area contributed by atoms with Crippen molar-refractivity contribution in [2.24, 2.45) is 7.05 Å². The van der Waals surface area contributed by atoms with Gasteiger partial charge in [0.05, 0.1) is 45.4 Å². The highest BCUT2D eigenvalue weighted by atomic mass is 16.1. The van der Waals surface area contributed by atoms with Gasteiger partial charge < -0.3 is 0 Å². The standard InChI is InChI=1S/C30H23N5O/c1-30(2,18-31)21-10-12-22(13-11-21)35-28-24-16-20(23-8-4-6-19-7-5-15-32-27(19)23)9-14-25(24)33-17-26(28)34(3)29(35)36/h4-17H,1-3H3. The molecule has 0 saturated carbocycles. The van der Waals surface area contributed by atoms with Crippen molar-refractivity contribution in [3.63, 3.8) is 0 Å². The van der Waals surface area contributed by atoms with Crippen molar-refractivity contribution in [2.75, 3.05) is 0 Å². The Hall–Kier alpha value is -4.76. The van der Waals surface area contributed by atoms with Gasteiger partial charge in [-0.15, -0.1) is 0 Å². The van der Waals surface area contributed by atoms with E-state index in [1.54, 1.807) is 28.6 Å². The molecule has 3 aromatic carbocycles. The van der Waals surface area contributed by atoms with Crippen molar-refractivity contribution in [1.82, 2.24) is 19.1 Å². The third-order valence-corrected chi connectivity index (χ3v) is 6.95. The fourth-order valence-corrected chi connectivity index (χ4v) is 4.83. The summed E-state index contributed by atoms with van der Waals surface area (Å²) < 4.78 is 3.36. The van der Waals surface area contributed by atoms with Crippen molar-refractivity contribution in [2.45, 2.75) is 19.3 Å². The van der Waals surface area contributed by atoms with E-state index in [-0.39, 0.29) is 5.69 Å². The van der Waals surface area contributed by atoms with E-state index >= 15 is 0 Å². The second-order valence-corrected chi connectivity index (χ2v) is 9.57. The van der Waals surface area contributed by atoms with Gasteiger partial charge in [-0.05, 0) is 55.3 Å². The summed E-state index contributed by atoms with van der Waals surface area (Å²) >= 11 is 0. The first-order chi connectivity index (χ1) is 17.4. The fourth-order valence-electron chi connectivity index (χ4n) is 4.83. The van der Waals surface area contributed by atoms with E-state index in [1.807, 2.05) is 56.3 Å². The van der Waals surface area contributed by atoms with Crippen LogP contribution in [0.3, 0.4) is 0 Å². The van der Waals surface area contributed by atoms with E-state index in [1.165, 1.54) is 0 Å². The number of para-hydroxylation sites is 1. The van der Waals surface area contributed by atoms with Gasteiger partial charge in [-0.3, -0.25) is 19.1 Å². The molecule has 0 aliphatic rings. The molecule has 36 heavy (non-hydrogen) atoms. The van der Waals surface area contributed by atoms with E-state index in [9.17, 15) is 10.1 Å². The molecule has 0 saturated heterocycles. The highest BCUT2D eigenvalue weighted by Crippen LogP contribution is 2.33. The van der Waals surface area contributed by atoms with Crippen molar-refractivity contribution in [3.8, 4) is 22.9 Å². The molecule has 6 nitrogen and oxygen atoms in total. The van der Waals surface area contributed by atoms with Crippen LogP contribution in [0.4, 0.5) is 0 Å². The molecule has 0 N–H and O–H groups in total. The zero-order valence-electron chi connectivity index (χ0n) is 20.2. The molecule has 6 aromatic rings. The van der Waals surface area contributed by atoms with E-state index in [2.05, 4.69) is 46.4 Å². The molecular weight excluding hydrogens is 446 g/mol. The summed E-state index contributed by atoms with van der Waals surface area (Å²) in [4.78, 5) is 22.7. The quantitative estimate of drug-likeness (QED) is 0.324. The maximum absolute atomic E-state index is 13.4. The SMILES string of the molecule is Cn1c(=O)n(-c2ccc(C(C)(C)C#N)cc2)c2c3cc(-c4cccc5cccnc45)ccc3ncc21. The molecule has 0 bridgehead atoms. The van der Waals surface area contributed by atoms with E-state index in [0.717, 1.165) is 55.2 Å². The Balaban J connectivity index is 1.63. The van der Waals surface area contributed by atoms with Crippen LogP contribution in [0.1, 0.15) is 19.4 Å². The lowest BCUT2D eigenvalue weighted by Crippen LogP contribution is -2.21. The normalized spacial score (nSPS) is 11.8. The summed E-state index contributed by atoms with van der Waals surface area (Å²) in [6, 6.07) is 26.3. The molecule has 0 unspecified atom stereocenters. The van der Waals surface area contributed by atoms with Crippen molar-refractivity contribution in [1.29, 1.82) is 5.26 Å². The molecular formula is C30H23N5O. The monoisotopic (exact) mass is 469 g/mol. The maximum Gasteiger partial charge on any atom is 0.333 e. The number of hydrogen-bond donors (Lipinski definition) is 0. The molecule has 0 atom stereocenters. The van der Waals surface area contributed by atoms with Gasteiger partial charge in [0, 0.05) is 29.6 Å². The number of imidazole rings is 1. The lowest BCUT2D eigenvalue weighted by Gasteiger charge is -2.16. The molecule has 3 aromatic heterocycles. The minimum absolute atomic E-state index is 0.149. The van der Waals surface area contributed by atoms with E-state index in [0.29, 0.717) is 0 Å². The molecule has 6 heteroatoms. The zero-order valence-corrected chi connectivity index (χ0v) is 20.2. The Bertz CT molecular complexity index is 1900. The summed E-state index contributed by atoms with van der Waals surface area (Å²) in [7, 11) is 1.76. The van der Waals surface area contributed by atoms with E-state index in [4.69, 9.17) is 0 Å². The van der Waals surface area contributed by atoms with Crippen LogP contribution in [0.15, 0.2) is 90.0 Å². The molecule has 174 valence electrons. The summed E-state index contributed by atoms with van der Waals surface area (Å²) in [5.41, 5.74) is 6.21. The summed E-state index contributed by atoms with van der Waals surface area (Å²) in [6.45, 7) is 3.77. The fraction of sp³-hybridized carbons (Fsp3) is 0.133. The topological polar surface area (TPSA) is 76.5 Å². The number of rotatable bonds is 3. The molecule has 3 heterocycles. The van der Waals surface area contributed by atoms with Gasteiger partial charge >= 0.3 is 5.69 Å². The molecule has 0 fully saturated rings. The first-order valence-corrected chi connectivity index (χ1v) is 11.8. The van der Waals surface area contributed by atoms with Gasteiger partial charge in [0.25, 0.3) is 0 Å². The summed E-state index contributed by atoms with van der Waals surface area (Å²) in [5, 5.41) is 11.5. The zero-order chi connectivity index (χ0) is 25.0. The van der Waals surface area contributed by atoms with Gasteiger partial charge in [-0.1, -0.05) is 42.5 Å². The van der Waals surface area contributed by atoms with Crippen molar-refractivity contribution in [3.05, 3.63) is 101 Å². The molecule has 0 aliphatic carbocycles. The van der Waals surface area contributed by atoms with Crippen molar-refractivity contribution < 1.29 is 0 Å². The minimum atomic E-state index is -0.611. The second-order valence-electron chi connectivity index (χ2n) is 9.57. The Morgan fingerprint density at radius 3 is 2.50 bits per heavy atom. The number of pyridine rings is 2. The number of fused-ring (bicyclic) bond motifs is 4. The number of hydrogen-bond acceptors (Lipinski definition) is 4. The Morgan fingerprint density at radius 2 is 1.72 bits per heavy atom. The van der Waals surface area contributed by atoms with E-state index < -0.39 is 5.41 Å². The third kappa shape index (κ3) is 3.21.